The number of carbonyl (C=O) groups is 2. The van der Waals surface area contributed by atoms with E-state index in [0.29, 0.717) is 13.1 Å². The van der Waals surface area contributed by atoms with Crippen LogP contribution in [0.5, 0.6) is 0 Å². The number of carbonyl (C=O) groups excluding carboxylic acids is 2. The highest BCUT2D eigenvalue weighted by Crippen LogP contribution is 2.02. The van der Waals surface area contributed by atoms with Crippen molar-refractivity contribution in [3.05, 3.63) is 12.2 Å². The minimum atomic E-state index is -0.752. The maximum absolute atomic E-state index is 11.3. The van der Waals surface area contributed by atoms with Crippen LogP contribution in [0.15, 0.2) is 12.2 Å². The van der Waals surface area contributed by atoms with Crippen molar-refractivity contribution in [2.24, 2.45) is 0 Å². The van der Waals surface area contributed by atoms with Crippen LogP contribution in [0.1, 0.15) is 13.3 Å². The van der Waals surface area contributed by atoms with E-state index in [9.17, 15) is 9.59 Å². The van der Waals surface area contributed by atoms with Crippen LogP contribution in [-0.4, -0.2) is 36.5 Å². The molecule has 0 atom stereocenters. The molecule has 0 saturated heterocycles. The molecule has 0 bridgehead atoms. The molecule has 1 rings (SSSR count). The van der Waals surface area contributed by atoms with Crippen molar-refractivity contribution in [2.45, 2.75) is 13.3 Å². The smallest absolute Gasteiger partial charge is 0.397 e. The van der Waals surface area contributed by atoms with Crippen LogP contribution in [-0.2, 0) is 14.3 Å². The Morgan fingerprint density at radius 2 is 2.23 bits per heavy atom. The lowest BCUT2D eigenvalue weighted by Crippen LogP contribution is -2.39. The van der Waals surface area contributed by atoms with Gasteiger partial charge in [0.1, 0.15) is 0 Å². The minimum Gasteiger partial charge on any atom is -0.459 e. The first-order valence-corrected chi connectivity index (χ1v) is 4.36. The Kier molecular flexibility index (Phi) is 3.49. The highest BCUT2D eigenvalue weighted by Gasteiger charge is 2.22. The molecule has 4 heteroatoms. The molecule has 0 N–H and O–H groups in total. The predicted octanol–water partition coefficient (Wildman–Crippen LogP) is 0.338. The van der Waals surface area contributed by atoms with Crippen LogP contribution in [0.2, 0.25) is 0 Å². The van der Waals surface area contributed by atoms with Crippen LogP contribution < -0.4 is 0 Å². The lowest BCUT2D eigenvalue weighted by atomic mass is 10.2. The zero-order chi connectivity index (χ0) is 9.68. The van der Waals surface area contributed by atoms with Crippen molar-refractivity contribution >= 4 is 11.9 Å². The Morgan fingerprint density at radius 3 is 2.77 bits per heavy atom. The van der Waals surface area contributed by atoms with Gasteiger partial charge in [0.05, 0.1) is 6.61 Å². The van der Waals surface area contributed by atoms with Gasteiger partial charge in [-0.3, -0.25) is 4.79 Å². The number of ether oxygens (including phenoxy) is 1. The third-order valence-corrected chi connectivity index (χ3v) is 1.80. The van der Waals surface area contributed by atoms with E-state index in [1.54, 1.807) is 6.92 Å². The van der Waals surface area contributed by atoms with E-state index in [1.807, 2.05) is 12.2 Å². The summed E-state index contributed by atoms with van der Waals surface area (Å²) in [7, 11) is 0. The van der Waals surface area contributed by atoms with Gasteiger partial charge in [0.15, 0.2) is 0 Å². The predicted molar refractivity (Wildman–Crippen MR) is 47.0 cm³/mol. The second-order valence-electron chi connectivity index (χ2n) is 2.73. The Balaban J connectivity index is 2.46. The summed E-state index contributed by atoms with van der Waals surface area (Å²) < 4.78 is 4.60. The third-order valence-electron chi connectivity index (χ3n) is 1.80. The molecule has 1 amide bonds. The van der Waals surface area contributed by atoms with Gasteiger partial charge >= 0.3 is 11.9 Å². The summed E-state index contributed by atoms with van der Waals surface area (Å²) in [5.41, 5.74) is 0. The monoisotopic (exact) mass is 183 g/mol. The lowest BCUT2D eigenvalue weighted by Gasteiger charge is -2.21. The van der Waals surface area contributed by atoms with Crippen molar-refractivity contribution in [2.75, 3.05) is 19.7 Å². The van der Waals surface area contributed by atoms with Crippen molar-refractivity contribution in [3.8, 4) is 0 Å². The fraction of sp³-hybridized carbons (Fsp3) is 0.556. The number of hydrogen-bond acceptors (Lipinski definition) is 3. The second kappa shape index (κ2) is 4.64. The van der Waals surface area contributed by atoms with Crippen molar-refractivity contribution < 1.29 is 14.3 Å². The highest BCUT2D eigenvalue weighted by atomic mass is 16.5. The van der Waals surface area contributed by atoms with Crippen molar-refractivity contribution in [1.29, 1.82) is 0 Å². The van der Waals surface area contributed by atoms with E-state index in [1.165, 1.54) is 4.90 Å². The van der Waals surface area contributed by atoms with Gasteiger partial charge in [0.25, 0.3) is 0 Å². The number of amides is 1. The topological polar surface area (TPSA) is 46.6 Å². The third kappa shape index (κ3) is 2.57. The second-order valence-corrected chi connectivity index (χ2v) is 2.73. The van der Waals surface area contributed by atoms with Gasteiger partial charge in [-0.15, -0.1) is 0 Å². The van der Waals surface area contributed by atoms with Crippen LogP contribution in [0.25, 0.3) is 0 Å². The fourth-order valence-corrected chi connectivity index (χ4v) is 1.15. The van der Waals surface area contributed by atoms with E-state index in [0.717, 1.165) is 6.42 Å². The van der Waals surface area contributed by atoms with E-state index in [-0.39, 0.29) is 6.61 Å². The van der Waals surface area contributed by atoms with E-state index < -0.39 is 11.9 Å². The largest absolute Gasteiger partial charge is 0.459 e. The van der Waals surface area contributed by atoms with Crippen molar-refractivity contribution in [1.82, 2.24) is 4.90 Å². The summed E-state index contributed by atoms with van der Waals surface area (Å²) >= 11 is 0. The number of hydrogen-bond donors (Lipinski definition) is 0. The SMILES string of the molecule is CCOC(=O)C(=O)N1CC=CCC1. The number of rotatable bonds is 1. The number of nitrogens with zero attached hydrogens (tertiary/aromatic N) is 1. The van der Waals surface area contributed by atoms with E-state index in [2.05, 4.69) is 4.74 Å². The minimum absolute atomic E-state index is 0.244. The van der Waals surface area contributed by atoms with Gasteiger partial charge in [0.2, 0.25) is 0 Å². The molecule has 0 spiro atoms. The van der Waals surface area contributed by atoms with E-state index in [4.69, 9.17) is 0 Å². The summed E-state index contributed by atoms with van der Waals surface area (Å²) in [6.07, 6.45) is 4.68. The lowest BCUT2D eigenvalue weighted by molar-refractivity contribution is -0.159. The molecule has 4 nitrogen and oxygen atoms in total. The normalized spacial score (nSPS) is 15.6. The van der Waals surface area contributed by atoms with Gasteiger partial charge < -0.3 is 9.64 Å². The first-order valence-electron chi connectivity index (χ1n) is 4.36. The number of esters is 1. The molecule has 0 aromatic rings. The molecule has 72 valence electrons. The van der Waals surface area contributed by atoms with Gasteiger partial charge in [-0.05, 0) is 13.3 Å². The maximum atomic E-state index is 11.3. The molecule has 0 fully saturated rings. The zero-order valence-electron chi connectivity index (χ0n) is 7.66. The first kappa shape index (κ1) is 9.77. The molecule has 0 saturated carbocycles. The molecule has 13 heavy (non-hydrogen) atoms. The summed E-state index contributed by atoms with van der Waals surface area (Å²) in [6.45, 7) is 3.04. The summed E-state index contributed by atoms with van der Waals surface area (Å²) in [6, 6.07) is 0. The van der Waals surface area contributed by atoms with Crippen molar-refractivity contribution in [3.63, 3.8) is 0 Å². The molecule has 1 aliphatic rings. The summed E-state index contributed by atoms with van der Waals surface area (Å²) in [4.78, 5) is 23.8. The van der Waals surface area contributed by atoms with Crippen LogP contribution in [0, 0.1) is 0 Å². The average Bonchev–Trinajstić information content (AvgIpc) is 2.18. The molecule has 0 unspecified atom stereocenters. The molecule has 1 aliphatic heterocycles. The fourth-order valence-electron chi connectivity index (χ4n) is 1.15. The Bertz CT molecular complexity index is 235. The van der Waals surface area contributed by atoms with Crippen LogP contribution >= 0.6 is 0 Å². The Labute approximate surface area is 77.2 Å². The van der Waals surface area contributed by atoms with Gasteiger partial charge in [-0.2, -0.15) is 0 Å². The molecular formula is C9H13NO3. The summed E-state index contributed by atoms with van der Waals surface area (Å²) in [5, 5.41) is 0. The van der Waals surface area contributed by atoms with Crippen LogP contribution in [0.3, 0.4) is 0 Å². The van der Waals surface area contributed by atoms with Gasteiger partial charge in [-0.25, -0.2) is 4.79 Å². The molecule has 0 aromatic heterocycles. The first-order chi connectivity index (χ1) is 6.25. The van der Waals surface area contributed by atoms with Gasteiger partial charge in [0, 0.05) is 13.1 Å². The molecule has 0 aliphatic carbocycles. The average molecular weight is 183 g/mol. The van der Waals surface area contributed by atoms with Crippen LogP contribution in [0.4, 0.5) is 0 Å². The quantitative estimate of drug-likeness (QED) is 0.334. The Hall–Kier alpha value is -1.32. The molecular weight excluding hydrogens is 170 g/mol. The maximum Gasteiger partial charge on any atom is 0.397 e. The van der Waals surface area contributed by atoms with E-state index >= 15 is 0 Å². The molecule has 0 radical (unpaired) electrons. The molecule has 1 heterocycles. The zero-order valence-corrected chi connectivity index (χ0v) is 7.66. The summed E-state index contributed by atoms with van der Waals surface area (Å²) in [5.74, 6) is -1.29. The standard InChI is InChI=1S/C9H13NO3/c1-2-13-9(12)8(11)10-6-4-3-5-7-10/h3-4H,2,5-7H2,1H3. The molecule has 0 aromatic carbocycles. The van der Waals surface area contributed by atoms with Gasteiger partial charge in [-0.1, -0.05) is 12.2 Å². The highest BCUT2D eigenvalue weighted by molar-refractivity contribution is 6.32. The Morgan fingerprint density at radius 1 is 1.46 bits per heavy atom.